The van der Waals surface area contributed by atoms with Crippen LogP contribution in [0.4, 0.5) is 0 Å². The lowest BCUT2D eigenvalue weighted by Gasteiger charge is -2.23. The minimum Gasteiger partial charge on any atom is -0.508 e. The first-order valence-corrected chi connectivity index (χ1v) is 9.74. The van der Waals surface area contributed by atoms with Gasteiger partial charge >= 0.3 is 5.97 Å². The predicted molar refractivity (Wildman–Crippen MR) is 111 cm³/mol. The third-order valence-corrected chi connectivity index (χ3v) is 4.50. The third-order valence-electron chi connectivity index (χ3n) is 4.50. The molecule has 0 aliphatic heterocycles. The summed E-state index contributed by atoms with van der Waals surface area (Å²) in [7, 11) is 0. The highest BCUT2D eigenvalue weighted by atomic mass is 16.4. The predicted octanol–water partition coefficient (Wildman–Crippen LogP) is -1.53. The number of aliphatic hydroxyl groups excluding tert-OH is 1. The van der Waals surface area contributed by atoms with Crippen molar-refractivity contribution in [2.24, 2.45) is 11.7 Å². The molecule has 11 heteroatoms. The Kier molecular flexibility index (Phi) is 9.90. The minimum absolute atomic E-state index is 0.0173. The van der Waals surface area contributed by atoms with E-state index in [-0.39, 0.29) is 12.2 Å². The van der Waals surface area contributed by atoms with Gasteiger partial charge in [-0.2, -0.15) is 0 Å². The SMILES string of the molecule is CC(C)C(NC(=O)C(Cc1ccc(O)cc1)NC(=O)CNC(=O)C(N)C(C)O)C(=O)O. The minimum atomic E-state index is -1.22. The highest BCUT2D eigenvalue weighted by Crippen LogP contribution is 2.12. The molecular weight excluding hydrogens is 408 g/mol. The molecule has 0 aliphatic rings. The highest BCUT2D eigenvalue weighted by Gasteiger charge is 2.29. The third kappa shape index (κ3) is 8.60. The van der Waals surface area contributed by atoms with Crippen LogP contribution in [0.2, 0.25) is 0 Å². The number of carboxylic acids is 1. The number of carbonyl (C=O) groups is 4. The van der Waals surface area contributed by atoms with Crippen molar-refractivity contribution in [1.82, 2.24) is 16.0 Å². The van der Waals surface area contributed by atoms with Crippen molar-refractivity contribution < 1.29 is 34.5 Å². The number of phenols is 1. The normalized spacial score (nSPS) is 14.8. The zero-order chi connectivity index (χ0) is 23.7. The van der Waals surface area contributed by atoms with Crippen molar-refractivity contribution in [2.75, 3.05) is 6.54 Å². The molecule has 1 aromatic carbocycles. The summed E-state index contributed by atoms with van der Waals surface area (Å²) in [6, 6.07) is 2.43. The fraction of sp³-hybridized carbons (Fsp3) is 0.500. The Morgan fingerprint density at radius 3 is 2.06 bits per heavy atom. The maximum atomic E-state index is 12.7. The molecule has 0 fully saturated rings. The van der Waals surface area contributed by atoms with Crippen molar-refractivity contribution in [3.8, 4) is 5.75 Å². The Labute approximate surface area is 180 Å². The summed E-state index contributed by atoms with van der Waals surface area (Å²) >= 11 is 0. The number of nitrogens with one attached hydrogen (secondary N) is 3. The Morgan fingerprint density at radius 1 is 1.00 bits per heavy atom. The van der Waals surface area contributed by atoms with Crippen molar-refractivity contribution in [2.45, 2.75) is 51.4 Å². The van der Waals surface area contributed by atoms with Crippen molar-refractivity contribution in [1.29, 1.82) is 0 Å². The van der Waals surface area contributed by atoms with E-state index >= 15 is 0 Å². The molecule has 0 saturated carbocycles. The lowest BCUT2D eigenvalue weighted by atomic mass is 10.0. The van der Waals surface area contributed by atoms with Gasteiger partial charge in [-0.3, -0.25) is 14.4 Å². The molecule has 0 bridgehead atoms. The zero-order valence-electron chi connectivity index (χ0n) is 17.7. The Morgan fingerprint density at radius 2 is 1.58 bits per heavy atom. The number of hydrogen-bond acceptors (Lipinski definition) is 7. The number of hydrogen-bond donors (Lipinski definition) is 7. The maximum Gasteiger partial charge on any atom is 0.326 e. The van der Waals surface area contributed by atoms with Gasteiger partial charge in [0.25, 0.3) is 0 Å². The Balaban J connectivity index is 2.89. The van der Waals surface area contributed by atoms with Gasteiger partial charge < -0.3 is 37.0 Å². The first-order valence-electron chi connectivity index (χ1n) is 9.74. The Hall–Kier alpha value is -3.18. The summed E-state index contributed by atoms with van der Waals surface area (Å²) in [5.41, 5.74) is 6.09. The molecule has 0 aliphatic carbocycles. The average molecular weight is 438 g/mol. The molecule has 0 aromatic heterocycles. The molecule has 3 amide bonds. The van der Waals surface area contributed by atoms with Crippen LogP contribution >= 0.6 is 0 Å². The number of aliphatic carboxylic acids is 1. The molecule has 8 N–H and O–H groups in total. The number of phenolic OH excluding ortho intramolecular Hbond substituents is 1. The Bertz CT molecular complexity index is 780. The first-order chi connectivity index (χ1) is 14.4. The van der Waals surface area contributed by atoms with E-state index in [2.05, 4.69) is 16.0 Å². The topological polar surface area (TPSA) is 191 Å². The van der Waals surface area contributed by atoms with E-state index in [0.717, 1.165) is 0 Å². The summed E-state index contributed by atoms with van der Waals surface area (Å²) in [6.45, 7) is 4.10. The quantitative estimate of drug-likeness (QED) is 0.216. The van der Waals surface area contributed by atoms with Crippen molar-refractivity contribution >= 4 is 23.7 Å². The van der Waals surface area contributed by atoms with Gasteiger partial charge in [0.1, 0.15) is 23.9 Å². The summed E-state index contributed by atoms with van der Waals surface area (Å²) in [4.78, 5) is 48.2. The van der Waals surface area contributed by atoms with Crippen LogP contribution in [0.15, 0.2) is 24.3 Å². The maximum absolute atomic E-state index is 12.7. The van der Waals surface area contributed by atoms with Crippen molar-refractivity contribution in [3.05, 3.63) is 29.8 Å². The number of rotatable bonds is 11. The second-order valence-corrected chi connectivity index (χ2v) is 7.54. The van der Waals surface area contributed by atoms with Gasteiger partial charge in [-0.15, -0.1) is 0 Å². The molecule has 0 radical (unpaired) electrons. The van der Waals surface area contributed by atoms with Crippen molar-refractivity contribution in [3.63, 3.8) is 0 Å². The van der Waals surface area contributed by atoms with E-state index in [4.69, 9.17) is 5.73 Å². The molecular formula is C20H30N4O7. The molecule has 1 aromatic rings. The van der Waals surface area contributed by atoms with Gasteiger partial charge in [-0.25, -0.2) is 4.79 Å². The van der Waals surface area contributed by atoms with Crippen LogP contribution in [0.3, 0.4) is 0 Å². The molecule has 31 heavy (non-hydrogen) atoms. The zero-order valence-corrected chi connectivity index (χ0v) is 17.7. The van der Waals surface area contributed by atoms with E-state index in [0.29, 0.717) is 5.56 Å². The average Bonchev–Trinajstić information content (AvgIpc) is 2.69. The number of nitrogens with two attached hydrogens (primary N) is 1. The molecule has 1 rings (SSSR count). The van der Waals surface area contributed by atoms with Crippen LogP contribution in [0.25, 0.3) is 0 Å². The standard InChI is InChI=1S/C20H30N4O7/c1-10(2)17(20(30)31)24-18(28)14(8-12-4-6-13(26)7-5-12)23-15(27)9-22-19(29)16(21)11(3)25/h4-7,10-11,14,16-17,25-26H,8-9,21H2,1-3H3,(H,22,29)(H,23,27)(H,24,28)(H,30,31). The molecule has 4 atom stereocenters. The van der Waals surface area contributed by atoms with Gasteiger partial charge in [0, 0.05) is 6.42 Å². The van der Waals surface area contributed by atoms with Gasteiger partial charge in [-0.05, 0) is 30.5 Å². The second-order valence-electron chi connectivity index (χ2n) is 7.54. The van der Waals surface area contributed by atoms with Crippen LogP contribution in [-0.4, -0.2) is 69.8 Å². The van der Waals surface area contributed by atoms with E-state index < -0.39 is 60.4 Å². The van der Waals surface area contributed by atoms with E-state index in [1.807, 2.05) is 0 Å². The molecule has 0 heterocycles. The van der Waals surface area contributed by atoms with Gasteiger partial charge in [0.15, 0.2) is 0 Å². The molecule has 0 spiro atoms. The number of carbonyl (C=O) groups excluding carboxylic acids is 3. The molecule has 0 saturated heterocycles. The van der Waals surface area contributed by atoms with Crippen LogP contribution in [0, 0.1) is 5.92 Å². The smallest absolute Gasteiger partial charge is 0.326 e. The van der Waals surface area contributed by atoms with Gasteiger partial charge in [0.05, 0.1) is 12.6 Å². The van der Waals surface area contributed by atoms with E-state index in [1.54, 1.807) is 26.0 Å². The number of carboxylic acid groups (broad SMARTS) is 1. The van der Waals surface area contributed by atoms with E-state index in [1.165, 1.54) is 19.1 Å². The van der Waals surface area contributed by atoms with Crippen LogP contribution in [-0.2, 0) is 25.6 Å². The fourth-order valence-electron chi connectivity index (χ4n) is 2.59. The van der Waals surface area contributed by atoms with Gasteiger partial charge in [0.2, 0.25) is 17.7 Å². The molecule has 172 valence electrons. The monoisotopic (exact) mass is 438 g/mol. The highest BCUT2D eigenvalue weighted by molar-refractivity contribution is 5.92. The fourth-order valence-corrected chi connectivity index (χ4v) is 2.59. The lowest BCUT2D eigenvalue weighted by Crippen LogP contribution is -2.55. The summed E-state index contributed by atoms with van der Waals surface area (Å²) in [5.74, 6) is -3.74. The van der Waals surface area contributed by atoms with Gasteiger partial charge in [-0.1, -0.05) is 26.0 Å². The number of amides is 3. The summed E-state index contributed by atoms with van der Waals surface area (Å²) < 4.78 is 0. The van der Waals surface area contributed by atoms with E-state index in [9.17, 15) is 34.5 Å². The molecule has 4 unspecified atom stereocenters. The summed E-state index contributed by atoms with van der Waals surface area (Å²) in [6.07, 6.45) is -1.09. The lowest BCUT2D eigenvalue weighted by molar-refractivity contribution is -0.143. The molecule has 11 nitrogen and oxygen atoms in total. The largest absolute Gasteiger partial charge is 0.508 e. The van der Waals surface area contributed by atoms with Crippen LogP contribution in [0.1, 0.15) is 26.3 Å². The van der Waals surface area contributed by atoms with Crippen LogP contribution in [0.5, 0.6) is 5.75 Å². The first kappa shape index (κ1) is 25.9. The van der Waals surface area contributed by atoms with Crippen LogP contribution < -0.4 is 21.7 Å². The number of aromatic hydroxyl groups is 1. The number of benzene rings is 1. The number of aliphatic hydroxyl groups is 1. The second kappa shape index (κ2) is 11.9. The summed E-state index contributed by atoms with van der Waals surface area (Å²) in [5, 5.41) is 35.2.